The molecule has 0 saturated heterocycles. The number of para-hydroxylation sites is 1. The molecule has 4 nitrogen and oxygen atoms in total. The zero-order chi connectivity index (χ0) is 16.9. The van der Waals surface area contributed by atoms with Crippen LogP contribution in [-0.4, -0.2) is 22.6 Å². The van der Waals surface area contributed by atoms with Gasteiger partial charge in [0.15, 0.2) is 0 Å². The minimum atomic E-state index is -0.461. The van der Waals surface area contributed by atoms with E-state index in [2.05, 4.69) is 10.3 Å². The molecule has 2 N–H and O–H groups in total. The van der Waals surface area contributed by atoms with Gasteiger partial charge in [-0.25, -0.2) is 9.37 Å². The smallest absolute Gasteiger partial charge is 0.270 e. The molecule has 1 atom stereocenters. The molecule has 0 fully saturated rings. The van der Waals surface area contributed by atoms with Crippen molar-refractivity contribution in [3.05, 3.63) is 77.7 Å². The predicted octanol–water partition coefficient (Wildman–Crippen LogP) is 3.23. The van der Waals surface area contributed by atoms with Crippen LogP contribution in [0.1, 0.15) is 28.5 Å². The van der Waals surface area contributed by atoms with Crippen LogP contribution in [0.4, 0.5) is 4.39 Å². The lowest BCUT2D eigenvalue weighted by atomic mass is 10.0. The topological polar surface area (TPSA) is 62.2 Å². The maximum atomic E-state index is 13.9. The molecular weight excluding hydrogens is 307 g/mol. The molecule has 0 saturated carbocycles. The number of aliphatic hydroxyl groups excluding tert-OH is 1. The average Bonchev–Trinajstić information content (AvgIpc) is 2.62. The van der Waals surface area contributed by atoms with Crippen molar-refractivity contribution in [2.75, 3.05) is 6.61 Å². The monoisotopic (exact) mass is 324 g/mol. The van der Waals surface area contributed by atoms with Crippen LogP contribution in [0.3, 0.4) is 0 Å². The first-order valence-electron chi connectivity index (χ1n) is 7.71. The minimum absolute atomic E-state index is 0.0559. The molecule has 3 aromatic rings. The second-order valence-electron chi connectivity index (χ2n) is 5.46. The summed E-state index contributed by atoms with van der Waals surface area (Å²) in [6.07, 6.45) is 0.387. The number of benzene rings is 2. The first-order chi connectivity index (χ1) is 11.7. The quantitative estimate of drug-likeness (QED) is 0.757. The molecule has 0 unspecified atom stereocenters. The van der Waals surface area contributed by atoms with Crippen LogP contribution in [-0.2, 0) is 0 Å². The second kappa shape index (κ2) is 7.19. The highest BCUT2D eigenvalue weighted by Crippen LogP contribution is 2.19. The van der Waals surface area contributed by atoms with Gasteiger partial charge in [0.25, 0.3) is 5.91 Å². The largest absolute Gasteiger partial charge is 0.396 e. The third-order valence-electron chi connectivity index (χ3n) is 3.83. The van der Waals surface area contributed by atoms with E-state index in [0.717, 1.165) is 5.56 Å². The SMILES string of the molecule is O=C(N[C@@H](CCO)c1ccccc1)c1ccc2cccc(F)c2n1. The van der Waals surface area contributed by atoms with Crippen molar-refractivity contribution < 1.29 is 14.3 Å². The minimum Gasteiger partial charge on any atom is -0.396 e. The number of pyridine rings is 1. The van der Waals surface area contributed by atoms with Crippen LogP contribution in [0.5, 0.6) is 0 Å². The molecule has 2 aromatic carbocycles. The number of carbonyl (C=O) groups is 1. The van der Waals surface area contributed by atoms with E-state index in [-0.39, 0.29) is 23.9 Å². The van der Waals surface area contributed by atoms with E-state index in [1.807, 2.05) is 30.3 Å². The number of carbonyl (C=O) groups excluding carboxylic acids is 1. The fourth-order valence-corrected chi connectivity index (χ4v) is 2.61. The lowest BCUT2D eigenvalue weighted by Crippen LogP contribution is -2.29. The zero-order valence-electron chi connectivity index (χ0n) is 12.9. The molecule has 1 aromatic heterocycles. The van der Waals surface area contributed by atoms with Crippen LogP contribution in [0.15, 0.2) is 60.7 Å². The van der Waals surface area contributed by atoms with Crippen LogP contribution < -0.4 is 5.32 Å². The predicted molar refractivity (Wildman–Crippen MR) is 90.1 cm³/mol. The molecule has 0 aliphatic rings. The number of nitrogens with one attached hydrogen (secondary N) is 1. The Morgan fingerprint density at radius 3 is 2.62 bits per heavy atom. The van der Waals surface area contributed by atoms with Crippen molar-refractivity contribution in [1.82, 2.24) is 10.3 Å². The summed E-state index contributed by atoms with van der Waals surface area (Å²) in [6.45, 7) is -0.0559. The Labute approximate surface area is 139 Å². The summed E-state index contributed by atoms with van der Waals surface area (Å²) in [4.78, 5) is 16.6. The maximum Gasteiger partial charge on any atom is 0.270 e. The third-order valence-corrected chi connectivity index (χ3v) is 3.83. The van der Waals surface area contributed by atoms with E-state index >= 15 is 0 Å². The van der Waals surface area contributed by atoms with Crippen LogP contribution >= 0.6 is 0 Å². The Balaban J connectivity index is 1.86. The van der Waals surface area contributed by atoms with Gasteiger partial charge in [-0.3, -0.25) is 4.79 Å². The standard InChI is InChI=1S/C19H17FN2O2/c20-15-8-4-7-14-9-10-17(21-18(14)15)19(24)22-16(11-12-23)13-5-2-1-3-6-13/h1-10,16,23H,11-12H2,(H,22,24)/t16-/m0/s1. The van der Waals surface area contributed by atoms with Gasteiger partial charge in [-0.2, -0.15) is 0 Å². The number of aliphatic hydroxyl groups is 1. The van der Waals surface area contributed by atoms with Crippen molar-refractivity contribution in [2.45, 2.75) is 12.5 Å². The first-order valence-corrected chi connectivity index (χ1v) is 7.71. The Bertz CT molecular complexity index is 852. The van der Waals surface area contributed by atoms with E-state index in [9.17, 15) is 14.3 Å². The third kappa shape index (κ3) is 3.41. The lowest BCUT2D eigenvalue weighted by Gasteiger charge is -2.18. The van der Waals surface area contributed by atoms with E-state index in [0.29, 0.717) is 11.8 Å². The zero-order valence-corrected chi connectivity index (χ0v) is 12.9. The van der Waals surface area contributed by atoms with Gasteiger partial charge in [0.2, 0.25) is 0 Å². The summed E-state index contributed by atoms with van der Waals surface area (Å²) in [5.74, 6) is -0.862. The van der Waals surface area contributed by atoms with Crippen molar-refractivity contribution >= 4 is 16.8 Å². The van der Waals surface area contributed by atoms with Crippen molar-refractivity contribution in [2.24, 2.45) is 0 Å². The molecular formula is C19H17FN2O2. The number of hydrogen-bond donors (Lipinski definition) is 2. The number of aromatic nitrogens is 1. The maximum absolute atomic E-state index is 13.9. The summed E-state index contributed by atoms with van der Waals surface area (Å²) in [5, 5.41) is 12.7. The lowest BCUT2D eigenvalue weighted by molar-refractivity contribution is 0.0925. The van der Waals surface area contributed by atoms with E-state index < -0.39 is 11.7 Å². The van der Waals surface area contributed by atoms with Gasteiger partial charge in [-0.15, -0.1) is 0 Å². The molecule has 0 spiro atoms. The number of halogens is 1. The van der Waals surface area contributed by atoms with Crippen LogP contribution in [0, 0.1) is 5.82 Å². The number of rotatable bonds is 5. The summed E-state index contributed by atoms with van der Waals surface area (Å²) in [5.41, 5.74) is 1.21. The Kier molecular flexibility index (Phi) is 4.82. The molecule has 5 heteroatoms. The Morgan fingerprint density at radius 1 is 1.08 bits per heavy atom. The van der Waals surface area contributed by atoms with Crippen molar-refractivity contribution in [1.29, 1.82) is 0 Å². The van der Waals surface area contributed by atoms with Gasteiger partial charge in [0.1, 0.15) is 17.0 Å². The first kappa shape index (κ1) is 16.1. The number of amides is 1. The average molecular weight is 324 g/mol. The fraction of sp³-hybridized carbons (Fsp3) is 0.158. The second-order valence-corrected chi connectivity index (χ2v) is 5.46. The highest BCUT2D eigenvalue weighted by Gasteiger charge is 2.17. The summed E-state index contributed by atoms with van der Waals surface area (Å²) >= 11 is 0. The van der Waals surface area contributed by atoms with Gasteiger partial charge in [0.05, 0.1) is 6.04 Å². The van der Waals surface area contributed by atoms with Gasteiger partial charge in [-0.1, -0.05) is 48.5 Å². The number of nitrogens with zero attached hydrogens (tertiary/aromatic N) is 1. The summed E-state index contributed by atoms with van der Waals surface area (Å²) < 4.78 is 13.9. The molecule has 0 bridgehead atoms. The molecule has 3 rings (SSSR count). The number of hydrogen-bond acceptors (Lipinski definition) is 3. The molecule has 0 aliphatic carbocycles. The summed E-state index contributed by atoms with van der Waals surface area (Å²) in [6, 6.07) is 17.0. The van der Waals surface area contributed by atoms with Gasteiger partial charge in [-0.05, 0) is 24.1 Å². The van der Waals surface area contributed by atoms with Crippen LogP contribution in [0.2, 0.25) is 0 Å². The van der Waals surface area contributed by atoms with Gasteiger partial charge in [0, 0.05) is 12.0 Å². The molecule has 1 amide bonds. The van der Waals surface area contributed by atoms with E-state index in [1.54, 1.807) is 24.3 Å². The van der Waals surface area contributed by atoms with Crippen molar-refractivity contribution in [3.8, 4) is 0 Å². The van der Waals surface area contributed by atoms with E-state index in [1.165, 1.54) is 6.07 Å². The molecule has 24 heavy (non-hydrogen) atoms. The molecule has 122 valence electrons. The van der Waals surface area contributed by atoms with Gasteiger partial charge < -0.3 is 10.4 Å². The van der Waals surface area contributed by atoms with Crippen molar-refractivity contribution in [3.63, 3.8) is 0 Å². The normalized spacial score (nSPS) is 12.1. The number of fused-ring (bicyclic) bond motifs is 1. The molecule has 0 aliphatic heterocycles. The van der Waals surface area contributed by atoms with Gasteiger partial charge >= 0.3 is 0 Å². The fourth-order valence-electron chi connectivity index (χ4n) is 2.61. The highest BCUT2D eigenvalue weighted by atomic mass is 19.1. The Morgan fingerprint density at radius 2 is 1.88 bits per heavy atom. The molecule has 1 heterocycles. The highest BCUT2D eigenvalue weighted by molar-refractivity contribution is 5.95. The molecule has 0 radical (unpaired) electrons. The Hall–Kier alpha value is -2.79. The van der Waals surface area contributed by atoms with E-state index in [4.69, 9.17) is 0 Å². The summed E-state index contributed by atoms with van der Waals surface area (Å²) in [7, 11) is 0. The van der Waals surface area contributed by atoms with Crippen LogP contribution in [0.25, 0.3) is 10.9 Å².